The van der Waals surface area contributed by atoms with E-state index < -0.39 is 0 Å². The number of amides is 1. The molecule has 0 aliphatic carbocycles. The Labute approximate surface area is 134 Å². The molecule has 0 radical (unpaired) electrons. The lowest BCUT2D eigenvalue weighted by atomic mass is 10.2. The van der Waals surface area contributed by atoms with E-state index in [4.69, 9.17) is 16.3 Å². The average Bonchev–Trinajstić information content (AvgIpc) is 2.54. The van der Waals surface area contributed by atoms with Gasteiger partial charge in [0.1, 0.15) is 0 Å². The van der Waals surface area contributed by atoms with E-state index in [-0.39, 0.29) is 11.9 Å². The molecule has 0 saturated carbocycles. The first kappa shape index (κ1) is 16.0. The van der Waals surface area contributed by atoms with Crippen molar-refractivity contribution in [3.8, 4) is 0 Å². The molecule has 0 aromatic heterocycles. The highest BCUT2D eigenvalue weighted by Gasteiger charge is 2.08. The number of nitrogens with one attached hydrogen (secondary N) is 1. The zero-order valence-electron chi connectivity index (χ0n) is 12.1. The summed E-state index contributed by atoms with van der Waals surface area (Å²) in [6.07, 6.45) is 0.779. The molecule has 0 unspecified atom stereocenters. The Morgan fingerprint density at radius 1 is 1.00 bits per heavy atom. The quantitative estimate of drug-likeness (QED) is 0.842. The molecule has 2 rings (SSSR count). The van der Waals surface area contributed by atoms with Crippen molar-refractivity contribution in [1.82, 2.24) is 0 Å². The van der Waals surface area contributed by atoms with Gasteiger partial charge in [-0.15, -0.1) is 0 Å². The first-order valence-corrected chi connectivity index (χ1v) is 7.32. The number of hydrogen-bond acceptors (Lipinski definition) is 3. The number of ether oxygens (including phenoxy) is 1. The first-order chi connectivity index (χ1) is 10.6. The van der Waals surface area contributed by atoms with Gasteiger partial charge in [0.25, 0.3) is 5.91 Å². The summed E-state index contributed by atoms with van der Waals surface area (Å²) in [5.74, 6) is -0.601. The molecule has 4 nitrogen and oxygen atoms in total. The van der Waals surface area contributed by atoms with Crippen molar-refractivity contribution in [3.05, 3.63) is 64.7 Å². The van der Waals surface area contributed by atoms with Crippen molar-refractivity contribution < 1.29 is 14.3 Å². The molecule has 22 heavy (non-hydrogen) atoms. The lowest BCUT2D eigenvalue weighted by Crippen LogP contribution is -2.12. The molecule has 1 N–H and O–H groups in total. The monoisotopic (exact) mass is 317 g/mol. The molecule has 5 heteroatoms. The highest BCUT2D eigenvalue weighted by atomic mass is 35.5. The van der Waals surface area contributed by atoms with Crippen LogP contribution in [-0.2, 0) is 4.74 Å². The van der Waals surface area contributed by atoms with E-state index in [1.807, 2.05) is 6.92 Å². The van der Waals surface area contributed by atoms with E-state index in [9.17, 15) is 9.59 Å². The Morgan fingerprint density at radius 2 is 1.59 bits per heavy atom. The number of esters is 1. The summed E-state index contributed by atoms with van der Waals surface area (Å²) < 4.78 is 5.04. The van der Waals surface area contributed by atoms with Crippen LogP contribution in [0.1, 0.15) is 34.1 Å². The van der Waals surface area contributed by atoms with Gasteiger partial charge in [0.05, 0.1) is 12.2 Å². The molecule has 0 aliphatic heterocycles. The molecule has 0 fully saturated rings. The van der Waals surface area contributed by atoms with Gasteiger partial charge in [-0.25, -0.2) is 4.79 Å². The van der Waals surface area contributed by atoms with Crippen molar-refractivity contribution in [2.45, 2.75) is 13.3 Å². The molecule has 0 atom stereocenters. The van der Waals surface area contributed by atoms with Crippen LogP contribution >= 0.6 is 11.6 Å². The second kappa shape index (κ2) is 7.61. The van der Waals surface area contributed by atoms with Crippen molar-refractivity contribution in [3.63, 3.8) is 0 Å². The Balaban J connectivity index is 2.00. The smallest absolute Gasteiger partial charge is 0.338 e. The minimum Gasteiger partial charge on any atom is -0.462 e. The first-order valence-electron chi connectivity index (χ1n) is 6.94. The maximum Gasteiger partial charge on any atom is 0.338 e. The van der Waals surface area contributed by atoms with Crippen LogP contribution in [0.5, 0.6) is 0 Å². The Kier molecular flexibility index (Phi) is 5.55. The summed E-state index contributed by atoms with van der Waals surface area (Å²) in [4.78, 5) is 23.7. The average molecular weight is 318 g/mol. The molecule has 0 spiro atoms. The number of carbonyl (C=O) groups is 2. The number of halogens is 1. The Morgan fingerprint density at radius 3 is 2.18 bits per heavy atom. The van der Waals surface area contributed by atoms with E-state index in [0.717, 1.165) is 6.42 Å². The van der Waals surface area contributed by atoms with Gasteiger partial charge >= 0.3 is 5.97 Å². The second-order valence-corrected chi connectivity index (χ2v) is 5.11. The van der Waals surface area contributed by atoms with E-state index in [2.05, 4.69) is 5.32 Å². The van der Waals surface area contributed by atoms with E-state index in [1.54, 1.807) is 48.5 Å². The fourth-order valence-corrected chi connectivity index (χ4v) is 1.90. The molecule has 2 aromatic carbocycles. The van der Waals surface area contributed by atoms with Gasteiger partial charge in [-0.2, -0.15) is 0 Å². The summed E-state index contributed by atoms with van der Waals surface area (Å²) in [6, 6.07) is 13.2. The van der Waals surface area contributed by atoms with Gasteiger partial charge in [-0.1, -0.05) is 18.5 Å². The number of rotatable bonds is 5. The molecule has 0 bridgehead atoms. The topological polar surface area (TPSA) is 55.4 Å². The highest BCUT2D eigenvalue weighted by molar-refractivity contribution is 6.30. The normalized spacial score (nSPS) is 10.1. The molecule has 0 heterocycles. The van der Waals surface area contributed by atoms with Crippen molar-refractivity contribution >= 4 is 29.2 Å². The lowest BCUT2D eigenvalue weighted by Gasteiger charge is -2.07. The zero-order chi connectivity index (χ0) is 15.9. The molecule has 1 amide bonds. The van der Waals surface area contributed by atoms with Crippen LogP contribution in [-0.4, -0.2) is 18.5 Å². The molecular weight excluding hydrogens is 302 g/mol. The fraction of sp³-hybridized carbons (Fsp3) is 0.176. The molecule has 0 saturated heterocycles. The maximum absolute atomic E-state index is 12.0. The lowest BCUT2D eigenvalue weighted by molar-refractivity contribution is 0.0505. The summed E-state index contributed by atoms with van der Waals surface area (Å²) in [5, 5.41) is 3.33. The number of carbonyl (C=O) groups excluding carboxylic acids is 2. The minimum atomic E-state index is -0.363. The molecule has 2 aromatic rings. The predicted octanol–water partition coefficient (Wildman–Crippen LogP) is 4.16. The summed E-state index contributed by atoms with van der Waals surface area (Å²) >= 11 is 5.78. The van der Waals surface area contributed by atoms with Crippen LogP contribution in [0, 0.1) is 0 Å². The second-order valence-electron chi connectivity index (χ2n) is 4.67. The van der Waals surface area contributed by atoms with Gasteiger partial charge in [-0.05, 0) is 55.0 Å². The zero-order valence-corrected chi connectivity index (χ0v) is 12.9. The van der Waals surface area contributed by atoms with Gasteiger partial charge in [0.15, 0.2) is 0 Å². The Hall–Kier alpha value is -2.33. The third kappa shape index (κ3) is 4.33. The van der Waals surface area contributed by atoms with Gasteiger partial charge < -0.3 is 10.1 Å². The van der Waals surface area contributed by atoms with Gasteiger partial charge in [-0.3, -0.25) is 4.79 Å². The molecule has 114 valence electrons. The summed E-state index contributed by atoms with van der Waals surface area (Å²) in [5.41, 5.74) is 1.57. The maximum atomic E-state index is 12.0. The molecule has 0 aliphatic rings. The number of benzene rings is 2. The van der Waals surface area contributed by atoms with E-state index in [0.29, 0.717) is 28.4 Å². The number of anilines is 1. The largest absolute Gasteiger partial charge is 0.462 e. The van der Waals surface area contributed by atoms with E-state index >= 15 is 0 Å². The van der Waals surface area contributed by atoms with E-state index in [1.165, 1.54) is 0 Å². The van der Waals surface area contributed by atoms with Gasteiger partial charge in [0, 0.05) is 16.3 Å². The van der Waals surface area contributed by atoms with Crippen LogP contribution in [0.25, 0.3) is 0 Å². The number of hydrogen-bond donors (Lipinski definition) is 1. The fourth-order valence-electron chi connectivity index (χ4n) is 1.77. The SMILES string of the molecule is CCCOC(=O)c1ccc(NC(=O)c2ccc(Cl)cc2)cc1. The summed E-state index contributed by atoms with van der Waals surface area (Å²) in [7, 11) is 0. The van der Waals surface area contributed by atoms with Crippen LogP contribution in [0.15, 0.2) is 48.5 Å². The minimum absolute atomic E-state index is 0.238. The summed E-state index contributed by atoms with van der Waals surface area (Å²) in [6.45, 7) is 2.33. The Bertz CT molecular complexity index is 651. The van der Waals surface area contributed by atoms with Crippen molar-refractivity contribution in [2.75, 3.05) is 11.9 Å². The molecular formula is C17H16ClNO3. The van der Waals surface area contributed by atoms with Crippen LogP contribution in [0.3, 0.4) is 0 Å². The van der Waals surface area contributed by atoms with Crippen LogP contribution in [0.4, 0.5) is 5.69 Å². The third-order valence-electron chi connectivity index (χ3n) is 2.92. The standard InChI is InChI=1S/C17H16ClNO3/c1-2-11-22-17(21)13-5-9-15(10-6-13)19-16(20)12-3-7-14(18)8-4-12/h3-10H,2,11H2,1H3,(H,19,20). The predicted molar refractivity (Wildman–Crippen MR) is 86.4 cm³/mol. The van der Waals surface area contributed by atoms with Crippen LogP contribution < -0.4 is 5.32 Å². The van der Waals surface area contributed by atoms with Crippen LogP contribution in [0.2, 0.25) is 5.02 Å². The highest BCUT2D eigenvalue weighted by Crippen LogP contribution is 2.14. The van der Waals surface area contributed by atoms with Crippen molar-refractivity contribution in [2.24, 2.45) is 0 Å². The van der Waals surface area contributed by atoms with Crippen molar-refractivity contribution in [1.29, 1.82) is 0 Å². The van der Waals surface area contributed by atoms with Gasteiger partial charge in [0.2, 0.25) is 0 Å². The third-order valence-corrected chi connectivity index (χ3v) is 3.17.